The molecular formula is C16H9BrFNO3. The molecule has 0 radical (unpaired) electrons. The summed E-state index contributed by atoms with van der Waals surface area (Å²) in [6, 6.07) is 11.8. The van der Waals surface area contributed by atoms with Gasteiger partial charge in [-0.3, -0.25) is 4.79 Å². The number of hydrogen-bond acceptors (Lipinski definition) is 3. The third-order valence-corrected chi connectivity index (χ3v) is 3.54. The van der Waals surface area contributed by atoms with Gasteiger partial charge in [-0.2, -0.15) is 0 Å². The molecule has 0 aliphatic carbocycles. The van der Waals surface area contributed by atoms with E-state index in [0.717, 1.165) is 0 Å². The van der Waals surface area contributed by atoms with Crippen LogP contribution in [0.3, 0.4) is 0 Å². The van der Waals surface area contributed by atoms with Crippen molar-refractivity contribution in [1.82, 2.24) is 0 Å². The summed E-state index contributed by atoms with van der Waals surface area (Å²) in [4.78, 5) is 23.2. The summed E-state index contributed by atoms with van der Waals surface area (Å²) in [6.07, 6.45) is 0. The Morgan fingerprint density at radius 1 is 1.09 bits per heavy atom. The van der Waals surface area contributed by atoms with E-state index in [1.165, 1.54) is 24.3 Å². The number of anilines is 1. The summed E-state index contributed by atoms with van der Waals surface area (Å²) in [6.45, 7) is 0. The molecule has 4 nitrogen and oxygen atoms in total. The number of benzene rings is 2. The second-order valence-corrected chi connectivity index (χ2v) is 5.50. The summed E-state index contributed by atoms with van der Waals surface area (Å²) in [7, 11) is 0. The van der Waals surface area contributed by atoms with Crippen molar-refractivity contribution in [2.75, 3.05) is 5.32 Å². The number of carbonyl (C=O) groups excluding carboxylic acids is 1. The van der Waals surface area contributed by atoms with Gasteiger partial charge in [-0.15, -0.1) is 0 Å². The van der Waals surface area contributed by atoms with E-state index in [1.54, 1.807) is 24.3 Å². The lowest BCUT2D eigenvalue weighted by Gasteiger charge is -2.07. The maximum absolute atomic E-state index is 13.7. The normalized spacial score (nSPS) is 10.6. The van der Waals surface area contributed by atoms with Crippen LogP contribution in [0, 0.1) is 5.82 Å². The highest BCUT2D eigenvalue weighted by Crippen LogP contribution is 2.20. The monoisotopic (exact) mass is 361 g/mol. The standard InChI is InChI=1S/C16H9BrFNO3/c17-10-2-4-13(18)12(8-10)16(21)19-11-3-5-14-9(7-11)1-6-15(20)22-14/h1-8H,(H,19,21). The molecule has 0 unspecified atom stereocenters. The van der Waals surface area contributed by atoms with Gasteiger partial charge in [0.1, 0.15) is 11.4 Å². The summed E-state index contributed by atoms with van der Waals surface area (Å²) < 4.78 is 19.3. The van der Waals surface area contributed by atoms with Crippen LogP contribution in [0.15, 0.2) is 62.2 Å². The lowest BCUT2D eigenvalue weighted by molar-refractivity contribution is 0.102. The molecule has 22 heavy (non-hydrogen) atoms. The minimum atomic E-state index is -0.604. The first kappa shape index (κ1) is 14.5. The highest BCUT2D eigenvalue weighted by atomic mass is 79.9. The fraction of sp³-hybridized carbons (Fsp3) is 0. The minimum Gasteiger partial charge on any atom is -0.423 e. The molecular weight excluding hydrogens is 353 g/mol. The smallest absolute Gasteiger partial charge is 0.336 e. The van der Waals surface area contributed by atoms with Gasteiger partial charge in [-0.05, 0) is 42.5 Å². The van der Waals surface area contributed by atoms with Gasteiger partial charge in [0.2, 0.25) is 0 Å². The predicted molar refractivity (Wildman–Crippen MR) is 84.5 cm³/mol. The topological polar surface area (TPSA) is 59.3 Å². The van der Waals surface area contributed by atoms with Crippen LogP contribution in [0.2, 0.25) is 0 Å². The molecule has 3 rings (SSSR count). The van der Waals surface area contributed by atoms with Gasteiger partial charge in [-0.1, -0.05) is 15.9 Å². The highest BCUT2D eigenvalue weighted by molar-refractivity contribution is 9.10. The van der Waals surface area contributed by atoms with Crippen molar-refractivity contribution < 1.29 is 13.6 Å². The van der Waals surface area contributed by atoms with E-state index in [4.69, 9.17) is 4.42 Å². The molecule has 6 heteroatoms. The number of amides is 1. The van der Waals surface area contributed by atoms with E-state index in [0.29, 0.717) is 21.1 Å². The first-order valence-electron chi connectivity index (χ1n) is 6.33. The molecule has 0 aliphatic rings. The second kappa shape index (κ2) is 5.73. The Hall–Kier alpha value is -2.47. The molecule has 0 bridgehead atoms. The highest BCUT2D eigenvalue weighted by Gasteiger charge is 2.12. The van der Waals surface area contributed by atoms with Crippen LogP contribution in [0.4, 0.5) is 10.1 Å². The van der Waals surface area contributed by atoms with E-state index < -0.39 is 17.3 Å². The number of nitrogens with one attached hydrogen (secondary N) is 1. The SMILES string of the molecule is O=C(Nc1ccc2oc(=O)ccc2c1)c1cc(Br)ccc1F. The zero-order valence-electron chi connectivity index (χ0n) is 11.1. The third-order valence-electron chi connectivity index (χ3n) is 3.05. The van der Waals surface area contributed by atoms with Crippen LogP contribution in [-0.4, -0.2) is 5.91 Å². The van der Waals surface area contributed by atoms with Crippen LogP contribution < -0.4 is 10.9 Å². The van der Waals surface area contributed by atoms with E-state index in [2.05, 4.69) is 21.2 Å². The lowest BCUT2D eigenvalue weighted by atomic mass is 10.1. The number of halogens is 2. The van der Waals surface area contributed by atoms with Gasteiger partial charge in [0, 0.05) is 21.6 Å². The fourth-order valence-electron chi connectivity index (χ4n) is 2.02. The summed E-state index contributed by atoms with van der Waals surface area (Å²) in [5.74, 6) is -1.16. The zero-order chi connectivity index (χ0) is 15.7. The molecule has 0 aliphatic heterocycles. The van der Waals surface area contributed by atoms with Crippen LogP contribution in [0.5, 0.6) is 0 Å². The molecule has 1 aromatic heterocycles. The molecule has 3 aromatic rings. The van der Waals surface area contributed by atoms with Crippen molar-refractivity contribution in [3.63, 3.8) is 0 Å². The molecule has 0 saturated carbocycles. The van der Waals surface area contributed by atoms with Crippen LogP contribution in [0.1, 0.15) is 10.4 Å². The molecule has 0 saturated heterocycles. The first-order chi connectivity index (χ1) is 10.5. The van der Waals surface area contributed by atoms with Gasteiger partial charge in [0.05, 0.1) is 5.56 Å². The van der Waals surface area contributed by atoms with Crippen molar-refractivity contribution in [1.29, 1.82) is 0 Å². The maximum Gasteiger partial charge on any atom is 0.336 e. The lowest BCUT2D eigenvalue weighted by Crippen LogP contribution is -2.13. The quantitative estimate of drug-likeness (QED) is 0.703. The van der Waals surface area contributed by atoms with Crippen LogP contribution in [0.25, 0.3) is 11.0 Å². The van der Waals surface area contributed by atoms with Crippen molar-refractivity contribution in [3.8, 4) is 0 Å². The van der Waals surface area contributed by atoms with E-state index in [1.807, 2.05) is 0 Å². The average Bonchev–Trinajstić information content (AvgIpc) is 2.49. The van der Waals surface area contributed by atoms with Crippen molar-refractivity contribution >= 4 is 38.5 Å². The van der Waals surface area contributed by atoms with Crippen LogP contribution >= 0.6 is 15.9 Å². The Balaban J connectivity index is 1.92. The Morgan fingerprint density at radius 2 is 1.91 bits per heavy atom. The summed E-state index contributed by atoms with van der Waals surface area (Å²) >= 11 is 3.20. The predicted octanol–water partition coefficient (Wildman–Crippen LogP) is 3.95. The average molecular weight is 362 g/mol. The van der Waals surface area contributed by atoms with Gasteiger partial charge in [0.25, 0.3) is 5.91 Å². The summed E-state index contributed by atoms with van der Waals surface area (Å²) in [5, 5.41) is 3.27. The largest absolute Gasteiger partial charge is 0.423 e. The van der Waals surface area contributed by atoms with Gasteiger partial charge in [-0.25, -0.2) is 9.18 Å². The van der Waals surface area contributed by atoms with Crippen LogP contribution in [-0.2, 0) is 0 Å². The number of carbonyl (C=O) groups is 1. The van der Waals surface area contributed by atoms with Gasteiger partial charge < -0.3 is 9.73 Å². The number of fused-ring (bicyclic) bond motifs is 1. The Kier molecular flexibility index (Phi) is 3.77. The Labute approximate surface area is 132 Å². The second-order valence-electron chi connectivity index (χ2n) is 4.59. The molecule has 2 aromatic carbocycles. The maximum atomic E-state index is 13.7. The van der Waals surface area contributed by atoms with Crippen molar-refractivity contribution in [3.05, 3.63) is 74.8 Å². The zero-order valence-corrected chi connectivity index (χ0v) is 12.7. The molecule has 0 atom stereocenters. The molecule has 0 spiro atoms. The van der Waals surface area contributed by atoms with E-state index >= 15 is 0 Å². The number of rotatable bonds is 2. The van der Waals surface area contributed by atoms with Crippen molar-refractivity contribution in [2.24, 2.45) is 0 Å². The van der Waals surface area contributed by atoms with Gasteiger partial charge >= 0.3 is 5.63 Å². The Bertz CT molecular complexity index is 936. The fourth-order valence-corrected chi connectivity index (χ4v) is 2.38. The molecule has 0 fully saturated rings. The first-order valence-corrected chi connectivity index (χ1v) is 7.12. The molecule has 110 valence electrons. The van der Waals surface area contributed by atoms with E-state index in [-0.39, 0.29) is 5.56 Å². The van der Waals surface area contributed by atoms with Gasteiger partial charge in [0.15, 0.2) is 0 Å². The third kappa shape index (κ3) is 2.92. The van der Waals surface area contributed by atoms with Crippen molar-refractivity contribution in [2.45, 2.75) is 0 Å². The molecule has 1 amide bonds. The Morgan fingerprint density at radius 3 is 2.73 bits per heavy atom. The van der Waals surface area contributed by atoms with E-state index in [9.17, 15) is 14.0 Å². The number of hydrogen-bond donors (Lipinski definition) is 1. The minimum absolute atomic E-state index is 0.0611. The summed E-state index contributed by atoms with van der Waals surface area (Å²) in [5.41, 5.74) is 0.388. The molecule has 1 heterocycles. The molecule has 1 N–H and O–H groups in total.